The summed E-state index contributed by atoms with van der Waals surface area (Å²) >= 11 is 0. The lowest BCUT2D eigenvalue weighted by Gasteiger charge is -2.31. The SMILES string of the molecule is Cc1cc(CN2CCC(Cc3ccc(F)cc3)CC2)no1. The van der Waals surface area contributed by atoms with Crippen LogP contribution in [-0.4, -0.2) is 23.1 Å². The Morgan fingerprint density at radius 2 is 1.95 bits per heavy atom. The van der Waals surface area contributed by atoms with Crippen molar-refractivity contribution in [1.82, 2.24) is 10.1 Å². The number of hydrogen-bond donors (Lipinski definition) is 0. The van der Waals surface area contributed by atoms with E-state index in [1.807, 2.05) is 25.1 Å². The normalized spacial score (nSPS) is 17.2. The molecule has 3 nitrogen and oxygen atoms in total. The standard InChI is InChI=1S/C17H21FN2O/c1-13-10-17(19-21-13)12-20-8-6-15(7-9-20)11-14-2-4-16(18)5-3-14/h2-5,10,15H,6-9,11-12H2,1H3. The Morgan fingerprint density at radius 3 is 2.57 bits per heavy atom. The van der Waals surface area contributed by atoms with Gasteiger partial charge in [0.2, 0.25) is 0 Å². The van der Waals surface area contributed by atoms with Crippen LogP contribution in [0.5, 0.6) is 0 Å². The largest absolute Gasteiger partial charge is 0.361 e. The summed E-state index contributed by atoms with van der Waals surface area (Å²) in [6.45, 7) is 4.99. The first-order chi connectivity index (χ1) is 10.2. The smallest absolute Gasteiger partial charge is 0.133 e. The van der Waals surface area contributed by atoms with Crippen molar-refractivity contribution in [2.75, 3.05) is 13.1 Å². The fourth-order valence-electron chi connectivity index (χ4n) is 3.02. The molecule has 2 aromatic rings. The molecule has 112 valence electrons. The minimum absolute atomic E-state index is 0.156. The third-order valence-electron chi connectivity index (χ3n) is 4.21. The van der Waals surface area contributed by atoms with E-state index in [0.717, 1.165) is 37.5 Å². The van der Waals surface area contributed by atoms with Crippen LogP contribution in [0.3, 0.4) is 0 Å². The van der Waals surface area contributed by atoms with Gasteiger partial charge in [-0.05, 0) is 62.9 Å². The van der Waals surface area contributed by atoms with Crippen molar-refractivity contribution in [3.63, 3.8) is 0 Å². The average molecular weight is 288 g/mol. The van der Waals surface area contributed by atoms with Crippen LogP contribution in [0.4, 0.5) is 4.39 Å². The van der Waals surface area contributed by atoms with Gasteiger partial charge in [0.25, 0.3) is 0 Å². The Kier molecular flexibility index (Phi) is 4.34. The number of likely N-dealkylation sites (tertiary alicyclic amines) is 1. The van der Waals surface area contributed by atoms with Crippen molar-refractivity contribution in [1.29, 1.82) is 0 Å². The third-order valence-corrected chi connectivity index (χ3v) is 4.21. The molecule has 0 spiro atoms. The molecule has 3 rings (SSSR count). The van der Waals surface area contributed by atoms with Gasteiger partial charge in [0.1, 0.15) is 11.6 Å². The van der Waals surface area contributed by atoms with Crippen molar-refractivity contribution >= 4 is 0 Å². The van der Waals surface area contributed by atoms with Gasteiger partial charge in [-0.1, -0.05) is 17.3 Å². The molecule has 0 unspecified atom stereocenters. The highest BCUT2D eigenvalue weighted by molar-refractivity contribution is 5.16. The van der Waals surface area contributed by atoms with Crippen molar-refractivity contribution in [2.24, 2.45) is 5.92 Å². The van der Waals surface area contributed by atoms with E-state index >= 15 is 0 Å². The molecule has 1 aromatic carbocycles. The maximum Gasteiger partial charge on any atom is 0.133 e. The highest BCUT2D eigenvalue weighted by Gasteiger charge is 2.20. The van der Waals surface area contributed by atoms with Gasteiger partial charge in [0.05, 0.1) is 5.69 Å². The lowest BCUT2D eigenvalue weighted by molar-refractivity contribution is 0.173. The number of piperidine rings is 1. The molecular formula is C17H21FN2O. The summed E-state index contributed by atoms with van der Waals surface area (Å²) < 4.78 is 18.0. The number of hydrogen-bond acceptors (Lipinski definition) is 3. The molecule has 1 aliphatic rings. The fourth-order valence-corrected chi connectivity index (χ4v) is 3.02. The Morgan fingerprint density at radius 1 is 1.24 bits per heavy atom. The lowest BCUT2D eigenvalue weighted by atomic mass is 9.90. The number of halogens is 1. The average Bonchev–Trinajstić information content (AvgIpc) is 2.89. The second kappa shape index (κ2) is 6.39. The number of benzene rings is 1. The zero-order valence-electron chi connectivity index (χ0n) is 12.4. The molecule has 0 bridgehead atoms. The second-order valence-electron chi connectivity index (χ2n) is 5.98. The number of nitrogens with zero attached hydrogens (tertiary/aromatic N) is 2. The zero-order chi connectivity index (χ0) is 14.7. The summed E-state index contributed by atoms with van der Waals surface area (Å²) in [5, 5.41) is 4.05. The number of rotatable bonds is 4. The van der Waals surface area contributed by atoms with Crippen molar-refractivity contribution < 1.29 is 8.91 Å². The topological polar surface area (TPSA) is 29.3 Å². The Labute approximate surface area is 124 Å². The molecule has 0 amide bonds. The van der Waals surface area contributed by atoms with Gasteiger partial charge in [-0.3, -0.25) is 4.90 Å². The minimum Gasteiger partial charge on any atom is -0.361 e. The van der Waals surface area contributed by atoms with Gasteiger partial charge >= 0.3 is 0 Å². The number of aryl methyl sites for hydroxylation is 1. The van der Waals surface area contributed by atoms with E-state index in [2.05, 4.69) is 10.1 Å². The highest BCUT2D eigenvalue weighted by atomic mass is 19.1. The van der Waals surface area contributed by atoms with E-state index < -0.39 is 0 Å². The molecule has 4 heteroatoms. The first kappa shape index (κ1) is 14.3. The van der Waals surface area contributed by atoms with Crippen LogP contribution in [-0.2, 0) is 13.0 Å². The van der Waals surface area contributed by atoms with E-state index in [4.69, 9.17) is 4.52 Å². The predicted octanol–water partition coefficient (Wildman–Crippen LogP) is 3.58. The van der Waals surface area contributed by atoms with E-state index in [1.165, 1.54) is 18.4 Å². The van der Waals surface area contributed by atoms with Crippen molar-refractivity contribution in [3.8, 4) is 0 Å². The van der Waals surface area contributed by atoms with Gasteiger partial charge < -0.3 is 4.52 Å². The van der Waals surface area contributed by atoms with E-state index in [-0.39, 0.29) is 5.82 Å². The fraction of sp³-hybridized carbons (Fsp3) is 0.471. The molecule has 0 saturated carbocycles. The first-order valence-electron chi connectivity index (χ1n) is 7.58. The third kappa shape index (κ3) is 3.91. The quantitative estimate of drug-likeness (QED) is 0.861. The Balaban J connectivity index is 1.47. The van der Waals surface area contributed by atoms with Crippen LogP contribution in [0.15, 0.2) is 34.9 Å². The molecular weight excluding hydrogens is 267 g/mol. The first-order valence-corrected chi connectivity index (χ1v) is 7.58. The summed E-state index contributed by atoms with van der Waals surface area (Å²) in [6.07, 6.45) is 3.43. The van der Waals surface area contributed by atoms with Crippen LogP contribution < -0.4 is 0 Å². The van der Waals surface area contributed by atoms with E-state index in [1.54, 1.807) is 12.1 Å². The minimum atomic E-state index is -0.156. The molecule has 21 heavy (non-hydrogen) atoms. The summed E-state index contributed by atoms with van der Waals surface area (Å²) in [5.74, 6) is 1.42. The van der Waals surface area contributed by atoms with E-state index in [9.17, 15) is 4.39 Å². The molecule has 1 saturated heterocycles. The zero-order valence-corrected chi connectivity index (χ0v) is 12.4. The summed E-state index contributed by atoms with van der Waals surface area (Å²) in [5.41, 5.74) is 2.26. The molecule has 1 aromatic heterocycles. The maximum absolute atomic E-state index is 12.9. The van der Waals surface area contributed by atoms with Crippen LogP contribution in [0, 0.1) is 18.7 Å². The van der Waals surface area contributed by atoms with Gasteiger partial charge in [0.15, 0.2) is 0 Å². The van der Waals surface area contributed by atoms with E-state index in [0.29, 0.717) is 5.92 Å². The van der Waals surface area contributed by atoms with Crippen LogP contribution in [0.1, 0.15) is 29.9 Å². The molecule has 0 atom stereocenters. The van der Waals surface area contributed by atoms with Gasteiger partial charge in [-0.15, -0.1) is 0 Å². The van der Waals surface area contributed by atoms with Crippen LogP contribution >= 0.6 is 0 Å². The summed E-state index contributed by atoms with van der Waals surface area (Å²) in [4.78, 5) is 2.43. The summed E-state index contributed by atoms with van der Waals surface area (Å²) in [6, 6.07) is 8.92. The highest BCUT2D eigenvalue weighted by Crippen LogP contribution is 2.23. The Bertz CT molecular complexity index is 571. The van der Waals surface area contributed by atoms with Crippen LogP contribution in [0.25, 0.3) is 0 Å². The predicted molar refractivity (Wildman–Crippen MR) is 79.3 cm³/mol. The molecule has 2 heterocycles. The second-order valence-corrected chi connectivity index (χ2v) is 5.98. The van der Waals surface area contributed by atoms with Crippen molar-refractivity contribution in [3.05, 3.63) is 53.2 Å². The van der Waals surface area contributed by atoms with Gasteiger partial charge in [-0.2, -0.15) is 0 Å². The van der Waals surface area contributed by atoms with Gasteiger partial charge in [-0.25, -0.2) is 4.39 Å². The summed E-state index contributed by atoms with van der Waals surface area (Å²) in [7, 11) is 0. The van der Waals surface area contributed by atoms with Crippen LogP contribution in [0.2, 0.25) is 0 Å². The maximum atomic E-state index is 12.9. The lowest BCUT2D eigenvalue weighted by Crippen LogP contribution is -2.33. The molecule has 1 fully saturated rings. The molecule has 0 aliphatic carbocycles. The monoisotopic (exact) mass is 288 g/mol. The number of aromatic nitrogens is 1. The molecule has 0 N–H and O–H groups in total. The molecule has 1 aliphatic heterocycles. The van der Waals surface area contributed by atoms with Gasteiger partial charge in [0, 0.05) is 12.6 Å². The molecule has 0 radical (unpaired) electrons. The van der Waals surface area contributed by atoms with Crippen molar-refractivity contribution in [2.45, 2.75) is 32.7 Å². The Hall–Kier alpha value is -1.68.